The number of aryl methyl sites for hydroxylation is 2. The van der Waals surface area contributed by atoms with E-state index in [-0.39, 0.29) is 5.56 Å². The molecular formula is C19H26N2O4. The number of rotatable bonds is 3. The van der Waals surface area contributed by atoms with Gasteiger partial charge < -0.3 is 15.4 Å². The van der Waals surface area contributed by atoms with E-state index >= 15 is 0 Å². The van der Waals surface area contributed by atoms with Gasteiger partial charge in [0.05, 0.1) is 0 Å². The fraction of sp³-hybridized carbons (Fsp3) is 0.632. The number of carbonyl (C=O) groups excluding carboxylic acids is 1. The summed E-state index contributed by atoms with van der Waals surface area (Å²) in [6.45, 7) is 0. The Bertz CT molecular complexity index is 715. The van der Waals surface area contributed by atoms with E-state index in [9.17, 15) is 19.5 Å². The van der Waals surface area contributed by atoms with Crippen LogP contribution in [0.3, 0.4) is 0 Å². The van der Waals surface area contributed by atoms with Gasteiger partial charge in [-0.2, -0.15) is 0 Å². The lowest BCUT2D eigenvalue weighted by Crippen LogP contribution is -2.55. The number of H-pyrrole nitrogens is 1. The number of nitrogens with one attached hydrogen (secondary N) is 2. The third kappa shape index (κ3) is 3.78. The second-order valence-corrected chi connectivity index (χ2v) is 7.33. The number of pyridine rings is 1. The van der Waals surface area contributed by atoms with Crippen LogP contribution < -0.4 is 10.9 Å². The second kappa shape index (κ2) is 7.42. The van der Waals surface area contributed by atoms with Crippen molar-refractivity contribution in [2.75, 3.05) is 0 Å². The van der Waals surface area contributed by atoms with Crippen LogP contribution in [-0.2, 0) is 17.6 Å². The van der Waals surface area contributed by atoms with Gasteiger partial charge in [0.15, 0.2) is 0 Å². The molecule has 0 bridgehead atoms. The highest BCUT2D eigenvalue weighted by atomic mass is 16.4. The van der Waals surface area contributed by atoms with E-state index in [2.05, 4.69) is 10.3 Å². The van der Waals surface area contributed by atoms with Crippen LogP contribution in [0, 0.1) is 0 Å². The molecule has 1 saturated carbocycles. The highest BCUT2D eigenvalue weighted by molar-refractivity contribution is 5.97. The number of aromatic nitrogens is 1. The highest BCUT2D eigenvalue weighted by Gasteiger charge is 2.40. The molecule has 0 atom stereocenters. The number of hydrogen-bond acceptors (Lipinski definition) is 3. The first-order chi connectivity index (χ1) is 12.0. The molecule has 1 aromatic rings. The largest absolute Gasteiger partial charge is 0.480 e. The smallest absolute Gasteiger partial charge is 0.329 e. The molecule has 136 valence electrons. The number of carboxylic acids is 1. The van der Waals surface area contributed by atoms with Crippen LogP contribution in [-0.4, -0.2) is 27.5 Å². The second-order valence-electron chi connectivity index (χ2n) is 7.33. The Hall–Kier alpha value is -2.11. The molecular weight excluding hydrogens is 320 g/mol. The lowest BCUT2D eigenvalue weighted by atomic mass is 9.89. The molecule has 0 aromatic carbocycles. The maximum absolute atomic E-state index is 12.7. The maximum atomic E-state index is 12.7. The van der Waals surface area contributed by atoms with Crippen LogP contribution in [0.1, 0.15) is 79.4 Å². The monoisotopic (exact) mass is 346 g/mol. The summed E-state index contributed by atoms with van der Waals surface area (Å²) < 4.78 is 0. The molecule has 0 radical (unpaired) electrons. The van der Waals surface area contributed by atoms with Crippen molar-refractivity contribution >= 4 is 11.9 Å². The number of aliphatic carboxylic acids is 1. The minimum absolute atomic E-state index is 0.0329. The van der Waals surface area contributed by atoms with Crippen molar-refractivity contribution in [3.05, 3.63) is 33.2 Å². The zero-order valence-corrected chi connectivity index (χ0v) is 14.5. The van der Waals surface area contributed by atoms with E-state index in [1.54, 1.807) is 6.07 Å². The standard InChI is InChI=1S/C19H26N2O4/c22-16-14(12-13-8-4-3-5-9-15(13)20-16)17(23)21-19(18(24)25)10-6-1-2-7-11-19/h12H,1-11H2,(H,20,22)(H,21,23)(H,24,25). The van der Waals surface area contributed by atoms with E-state index in [0.717, 1.165) is 69.0 Å². The molecule has 0 aliphatic heterocycles. The van der Waals surface area contributed by atoms with E-state index < -0.39 is 23.0 Å². The van der Waals surface area contributed by atoms with Crippen molar-refractivity contribution in [2.24, 2.45) is 0 Å². The fourth-order valence-electron chi connectivity index (χ4n) is 4.03. The van der Waals surface area contributed by atoms with Gasteiger partial charge in [0, 0.05) is 5.69 Å². The molecule has 2 aliphatic rings. The molecule has 3 rings (SSSR count). The van der Waals surface area contributed by atoms with Gasteiger partial charge in [-0.05, 0) is 50.2 Å². The summed E-state index contributed by atoms with van der Waals surface area (Å²) in [5, 5.41) is 12.4. The Balaban J connectivity index is 1.88. The summed E-state index contributed by atoms with van der Waals surface area (Å²) >= 11 is 0. The normalized spacial score (nSPS) is 20.0. The molecule has 1 heterocycles. The van der Waals surface area contributed by atoms with Crippen LogP contribution in [0.15, 0.2) is 10.9 Å². The average molecular weight is 346 g/mol. The zero-order chi connectivity index (χ0) is 17.9. The zero-order valence-electron chi connectivity index (χ0n) is 14.5. The van der Waals surface area contributed by atoms with E-state index in [0.29, 0.717) is 12.8 Å². The van der Waals surface area contributed by atoms with Gasteiger partial charge in [-0.3, -0.25) is 9.59 Å². The third-order valence-corrected chi connectivity index (χ3v) is 5.55. The molecule has 1 amide bonds. The minimum Gasteiger partial charge on any atom is -0.480 e. The van der Waals surface area contributed by atoms with Gasteiger partial charge in [-0.1, -0.05) is 32.1 Å². The summed E-state index contributed by atoms with van der Waals surface area (Å²) in [6.07, 6.45) is 9.18. The van der Waals surface area contributed by atoms with Gasteiger partial charge in [-0.25, -0.2) is 4.79 Å². The Labute approximate surface area is 147 Å². The van der Waals surface area contributed by atoms with Crippen molar-refractivity contribution in [1.29, 1.82) is 0 Å². The van der Waals surface area contributed by atoms with Crippen molar-refractivity contribution in [3.63, 3.8) is 0 Å². The molecule has 6 heteroatoms. The molecule has 0 saturated heterocycles. The highest BCUT2D eigenvalue weighted by Crippen LogP contribution is 2.28. The van der Waals surface area contributed by atoms with Gasteiger partial charge in [0.25, 0.3) is 11.5 Å². The minimum atomic E-state index is -1.26. The van der Waals surface area contributed by atoms with Gasteiger partial charge in [0.2, 0.25) is 0 Å². The molecule has 1 fully saturated rings. The first kappa shape index (κ1) is 17.7. The predicted molar refractivity (Wildman–Crippen MR) is 93.9 cm³/mol. The first-order valence-corrected chi connectivity index (χ1v) is 9.33. The lowest BCUT2D eigenvalue weighted by molar-refractivity contribution is -0.145. The molecule has 0 spiro atoms. The molecule has 0 unspecified atom stereocenters. The number of aromatic amines is 1. The Morgan fingerprint density at radius 3 is 2.32 bits per heavy atom. The van der Waals surface area contributed by atoms with Gasteiger partial charge in [-0.15, -0.1) is 0 Å². The van der Waals surface area contributed by atoms with Crippen molar-refractivity contribution in [1.82, 2.24) is 10.3 Å². The maximum Gasteiger partial charge on any atom is 0.329 e. The topological polar surface area (TPSA) is 99.3 Å². The van der Waals surface area contributed by atoms with Crippen LogP contribution in [0.2, 0.25) is 0 Å². The third-order valence-electron chi connectivity index (χ3n) is 5.55. The Morgan fingerprint density at radius 1 is 1.00 bits per heavy atom. The molecule has 25 heavy (non-hydrogen) atoms. The predicted octanol–water partition coefficient (Wildman–Crippen LogP) is 2.55. The Morgan fingerprint density at radius 2 is 1.64 bits per heavy atom. The average Bonchev–Trinajstić information content (AvgIpc) is 2.94. The summed E-state index contributed by atoms with van der Waals surface area (Å²) in [5.74, 6) is -1.58. The van der Waals surface area contributed by atoms with Crippen LogP contribution >= 0.6 is 0 Å². The number of carbonyl (C=O) groups is 2. The lowest BCUT2D eigenvalue weighted by Gasteiger charge is -2.29. The number of fused-ring (bicyclic) bond motifs is 1. The van der Waals surface area contributed by atoms with Gasteiger partial charge in [0.1, 0.15) is 11.1 Å². The van der Waals surface area contributed by atoms with Crippen molar-refractivity contribution in [2.45, 2.75) is 76.2 Å². The molecule has 6 nitrogen and oxygen atoms in total. The molecule has 1 aromatic heterocycles. The molecule has 2 aliphatic carbocycles. The van der Waals surface area contributed by atoms with Crippen LogP contribution in [0.4, 0.5) is 0 Å². The van der Waals surface area contributed by atoms with Crippen LogP contribution in [0.25, 0.3) is 0 Å². The number of amides is 1. The van der Waals surface area contributed by atoms with Crippen LogP contribution in [0.5, 0.6) is 0 Å². The molecule has 3 N–H and O–H groups in total. The SMILES string of the molecule is O=C(NC1(C(=O)O)CCCCCC1)c1cc2c([nH]c1=O)CCCCC2. The van der Waals surface area contributed by atoms with E-state index in [4.69, 9.17) is 0 Å². The van der Waals surface area contributed by atoms with Crippen molar-refractivity contribution < 1.29 is 14.7 Å². The summed E-state index contributed by atoms with van der Waals surface area (Å²) in [4.78, 5) is 39.8. The van der Waals surface area contributed by atoms with E-state index in [1.807, 2.05) is 0 Å². The summed E-state index contributed by atoms with van der Waals surface area (Å²) in [6, 6.07) is 1.67. The summed E-state index contributed by atoms with van der Waals surface area (Å²) in [7, 11) is 0. The quantitative estimate of drug-likeness (QED) is 0.578. The number of carboxylic acid groups (broad SMARTS) is 1. The number of hydrogen-bond donors (Lipinski definition) is 3. The summed E-state index contributed by atoms with van der Waals surface area (Å²) in [5.41, 5.74) is 0.277. The van der Waals surface area contributed by atoms with Gasteiger partial charge >= 0.3 is 5.97 Å². The Kier molecular flexibility index (Phi) is 5.25. The van der Waals surface area contributed by atoms with E-state index in [1.165, 1.54) is 0 Å². The fourth-order valence-corrected chi connectivity index (χ4v) is 4.03. The first-order valence-electron chi connectivity index (χ1n) is 9.33. The van der Waals surface area contributed by atoms with Crippen molar-refractivity contribution in [3.8, 4) is 0 Å².